The second-order valence-electron chi connectivity index (χ2n) is 12.1. The number of hydrogen-bond acceptors (Lipinski definition) is 9. The molecule has 4 aliphatic rings. The number of non-ortho nitro benzene ring substituents is 1. The smallest absolute Gasteiger partial charge is 0.305 e. The van der Waals surface area contributed by atoms with Gasteiger partial charge in [-0.25, -0.2) is 0 Å². The number of carbonyl (C=O) groups is 3. The van der Waals surface area contributed by atoms with Gasteiger partial charge >= 0.3 is 4.87 Å². The molecule has 3 amide bonds. The first kappa shape index (κ1) is 30.1. The molecule has 3 fully saturated rings. The second kappa shape index (κ2) is 11.5. The van der Waals surface area contributed by atoms with Gasteiger partial charge in [0, 0.05) is 43.9 Å². The highest BCUT2D eigenvalue weighted by Gasteiger charge is 2.70. The van der Waals surface area contributed by atoms with Crippen molar-refractivity contribution in [3.8, 4) is 5.75 Å². The Labute approximate surface area is 284 Å². The third-order valence-electron chi connectivity index (χ3n) is 9.77. The number of nitro groups is 1. The van der Waals surface area contributed by atoms with Crippen molar-refractivity contribution in [2.45, 2.75) is 22.6 Å². The number of amides is 3. The van der Waals surface area contributed by atoms with Gasteiger partial charge in [0.05, 0.1) is 27.5 Å². The van der Waals surface area contributed by atoms with Crippen LogP contribution < -0.4 is 19.8 Å². The number of rotatable bonds is 7. The summed E-state index contributed by atoms with van der Waals surface area (Å²) in [5, 5.41) is 14.7. The minimum atomic E-state index is -0.544. The molecule has 2 bridgehead atoms. The maximum atomic E-state index is 14.1. The fourth-order valence-electron chi connectivity index (χ4n) is 8.10. The number of aromatic nitrogens is 1. The van der Waals surface area contributed by atoms with E-state index >= 15 is 0 Å². The summed E-state index contributed by atoms with van der Waals surface area (Å²) in [6.07, 6.45) is 0.697. The van der Waals surface area contributed by atoms with Crippen LogP contribution in [-0.2, 0) is 14.4 Å². The van der Waals surface area contributed by atoms with Crippen LogP contribution in [0.3, 0.4) is 0 Å². The Morgan fingerprint density at radius 2 is 1.74 bits per heavy atom. The number of aromatic amines is 1. The number of carbonyl (C=O) groups excluding carboxylic acids is 3. The molecular weight excluding hydrogens is 708 g/mol. The molecule has 0 spiro atoms. The van der Waals surface area contributed by atoms with Gasteiger partial charge < -0.3 is 15.0 Å². The van der Waals surface area contributed by atoms with E-state index in [2.05, 4.69) is 26.2 Å². The van der Waals surface area contributed by atoms with Gasteiger partial charge in [0.2, 0.25) is 11.8 Å². The lowest BCUT2D eigenvalue weighted by atomic mass is 9.68. The van der Waals surface area contributed by atoms with E-state index in [1.807, 2.05) is 30.3 Å². The van der Waals surface area contributed by atoms with E-state index in [4.69, 9.17) is 4.74 Å². The summed E-state index contributed by atoms with van der Waals surface area (Å²) in [4.78, 5) is 69.1. The third-order valence-corrected chi connectivity index (χ3v) is 12.8. The second-order valence-corrected chi connectivity index (χ2v) is 15.2. The fourth-order valence-corrected chi connectivity index (χ4v) is 11.4. The summed E-state index contributed by atoms with van der Waals surface area (Å²) >= 11 is 6.32. The van der Waals surface area contributed by atoms with E-state index in [0.29, 0.717) is 23.5 Å². The van der Waals surface area contributed by atoms with Gasteiger partial charge in [0.15, 0.2) is 6.61 Å². The summed E-state index contributed by atoms with van der Waals surface area (Å²) in [6, 6.07) is 20.2. The summed E-state index contributed by atoms with van der Waals surface area (Å²) < 4.78 is 6.95. The number of thioether (sulfide) groups is 1. The van der Waals surface area contributed by atoms with Gasteiger partial charge in [-0.2, -0.15) is 0 Å². The van der Waals surface area contributed by atoms with E-state index in [9.17, 15) is 29.3 Å². The van der Waals surface area contributed by atoms with Crippen LogP contribution in [0.5, 0.6) is 5.75 Å². The van der Waals surface area contributed by atoms with Crippen molar-refractivity contribution >= 4 is 73.8 Å². The number of para-hydroxylation sites is 1. The number of hydrogen-bond donors (Lipinski definition) is 2. The molecule has 7 atom stereocenters. The lowest BCUT2D eigenvalue weighted by Gasteiger charge is -2.43. The predicted molar refractivity (Wildman–Crippen MR) is 179 cm³/mol. The first-order valence-electron chi connectivity index (χ1n) is 15.0. The number of benzene rings is 3. The summed E-state index contributed by atoms with van der Waals surface area (Å²) in [5.74, 6) is -2.11. The Kier molecular flexibility index (Phi) is 7.33. The van der Waals surface area contributed by atoms with Gasteiger partial charge in [0.1, 0.15) is 5.75 Å². The standard InChI is InChI=1S/C33H25BrN4O7S2/c34-15-6-11-22(45-14-23(39)35-16-4-2-1-3-5-16)19(12-15)24-25-20-13-21(28(25)46-30-29(24)47-33(42)36-30)27-26(20)31(40)37(32(27)41)17-7-9-18(10-8-17)38(43)44/h1-12,20-21,24-28H,13-14H2,(H,35,39)(H,36,42)/t20-,21-,24+,25-,26+,27+,28-/m1/s1. The van der Waals surface area contributed by atoms with Gasteiger partial charge in [-0.3, -0.25) is 34.2 Å². The maximum absolute atomic E-state index is 14.1. The number of anilines is 2. The lowest BCUT2D eigenvalue weighted by Crippen LogP contribution is -2.42. The SMILES string of the molecule is O=C(COc1ccc(Br)cc1[C@@H]1c2sc(=O)[nH]c2S[C@@H]2[C@@H]3C[C@@H]([C@@H]4C(=O)N(c5ccc([N+](=O)[O-])cc5)C(=O)[C@@H]34)[C@H]12)Nc1ccccc1. The number of halogens is 1. The molecule has 2 aliphatic carbocycles. The molecular formula is C33H25BrN4O7S2. The quantitative estimate of drug-likeness (QED) is 0.137. The topological polar surface area (TPSA) is 152 Å². The summed E-state index contributed by atoms with van der Waals surface area (Å²) in [6.45, 7) is -0.233. The number of ether oxygens (including phenoxy) is 1. The van der Waals surface area contributed by atoms with Crippen LogP contribution in [0.1, 0.15) is 22.8 Å². The number of nitro benzene ring substituents is 1. The maximum Gasteiger partial charge on any atom is 0.305 e. The van der Waals surface area contributed by atoms with Crippen molar-refractivity contribution < 1.29 is 24.0 Å². The van der Waals surface area contributed by atoms with Gasteiger partial charge in [-0.05, 0) is 66.6 Å². The fraction of sp³-hybridized carbons (Fsp3) is 0.273. The Bertz CT molecular complexity index is 2020. The molecule has 4 aromatic rings. The van der Waals surface area contributed by atoms with Crippen LogP contribution >= 0.6 is 39.0 Å². The van der Waals surface area contributed by atoms with E-state index in [1.54, 1.807) is 30.0 Å². The van der Waals surface area contributed by atoms with Crippen LogP contribution in [0.25, 0.3) is 0 Å². The van der Waals surface area contributed by atoms with E-state index in [-0.39, 0.29) is 63.8 Å². The summed E-state index contributed by atoms with van der Waals surface area (Å²) in [7, 11) is 0. The number of fused-ring (bicyclic) bond motifs is 9. The third kappa shape index (κ3) is 4.92. The molecule has 14 heteroatoms. The number of thiazole rings is 1. The van der Waals surface area contributed by atoms with Gasteiger partial charge in [-0.15, -0.1) is 11.8 Å². The monoisotopic (exact) mass is 732 g/mol. The average molecular weight is 734 g/mol. The van der Waals surface area contributed by atoms with Crippen molar-refractivity contribution in [3.05, 3.63) is 107 Å². The Balaban J connectivity index is 1.14. The average Bonchev–Trinajstić information content (AvgIpc) is 3.79. The van der Waals surface area contributed by atoms with Crippen LogP contribution in [0, 0.1) is 39.7 Å². The minimum absolute atomic E-state index is 0.0502. The number of nitrogens with zero attached hydrogens (tertiary/aromatic N) is 2. The molecule has 47 heavy (non-hydrogen) atoms. The molecule has 0 radical (unpaired) electrons. The molecule has 8 rings (SSSR count). The Morgan fingerprint density at radius 3 is 2.47 bits per heavy atom. The van der Waals surface area contributed by atoms with Crippen molar-refractivity contribution in [2.75, 3.05) is 16.8 Å². The first-order chi connectivity index (χ1) is 22.7. The zero-order valence-electron chi connectivity index (χ0n) is 24.3. The van der Waals surface area contributed by atoms with E-state index in [0.717, 1.165) is 31.3 Å². The molecule has 2 aliphatic heterocycles. The molecule has 11 nitrogen and oxygen atoms in total. The highest BCUT2D eigenvalue weighted by molar-refractivity contribution is 9.10. The van der Waals surface area contributed by atoms with Crippen LogP contribution in [0.4, 0.5) is 17.1 Å². The Morgan fingerprint density at radius 1 is 1.02 bits per heavy atom. The number of imide groups is 1. The molecule has 0 unspecified atom stereocenters. The van der Waals surface area contributed by atoms with Crippen LogP contribution in [0.15, 0.2) is 87.1 Å². The van der Waals surface area contributed by atoms with E-state index in [1.165, 1.54) is 29.2 Å². The van der Waals surface area contributed by atoms with Crippen molar-refractivity contribution in [1.29, 1.82) is 0 Å². The zero-order chi connectivity index (χ0) is 32.6. The van der Waals surface area contributed by atoms with E-state index < -0.39 is 16.8 Å². The molecule has 3 aromatic carbocycles. The lowest BCUT2D eigenvalue weighted by molar-refractivity contribution is -0.384. The van der Waals surface area contributed by atoms with Gasteiger partial charge in [0.25, 0.3) is 11.6 Å². The van der Waals surface area contributed by atoms with Crippen molar-refractivity contribution in [3.63, 3.8) is 0 Å². The van der Waals surface area contributed by atoms with Crippen molar-refractivity contribution in [1.82, 2.24) is 4.98 Å². The largest absolute Gasteiger partial charge is 0.483 e. The highest BCUT2D eigenvalue weighted by Crippen LogP contribution is 2.69. The number of nitrogens with one attached hydrogen (secondary N) is 2. The normalized spacial score (nSPS) is 26.9. The molecule has 1 saturated heterocycles. The van der Waals surface area contributed by atoms with Gasteiger partial charge in [-0.1, -0.05) is 45.5 Å². The highest BCUT2D eigenvalue weighted by atomic mass is 79.9. The van der Waals surface area contributed by atoms with Crippen molar-refractivity contribution in [2.24, 2.45) is 29.6 Å². The number of H-pyrrole nitrogens is 1. The predicted octanol–water partition coefficient (Wildman–Crippen LogP) is 5.80. The summed E-state index contributed by atoms with van der Waals surface area (Å²) in [5.41, 5.74) is 1.66. The minimum Gasteiger partial charge on any atom is -0.483 e. The first-order valence-corrected chi connectivity index (χ1v) is 17.5. The Hall–Kier alpha value is -4.27. The van der Waals surface area contributed by atoms with Crippen LogP contribution in [0.2, 0.25) is 0 Å². The molecule has 2 N–H and O–H groups in total. The zero-order valence-corrected chi connectivity index (χ0v) is 27.5. The van der Waals surface area contributed by atoms with Crippen LogP contribution in [-0.4, -0.2) is 39.5 Å². The molecule has 1 aromatic heterocycles. The molecule has 2 saturated carbocycles. The molecule has 3 heterocycles. The molecule has 238 valence electrons.